The maximum Gasteiger partial charge on any atom is 0.220 e. The maximum absolute atomic E-state index is 11.4. The summed E-state index contributed by atoms with van der Waals surface area (Å²) in [5.41, 5.74) is 6.57. The van der Waals surface area contributed by atoms with Crippen LogP contribution in [0.2, 0.25) is 0 Å². The minimum Gasteiger partial charge on any atom is -0.497 e. The van der Waals surface area contributed by atoms with Crippen LogP contribution in [0.25, 0.3) is 0 Å². The molecule has 1 rings (SSSR count). The summed E-state index contributed by atoms with van der Waals surface area (Å²) in [6.07, 6.45) is 3.18. The van der Waals surface area contributed by atoms with E-state index in [2.05, 4.69) is 5.32 Å². The molecular formula is C14H22N2O2. The molecule has 0 atom stereocenters. The van der Waals surface area contributed by atoms with Crippen LogP contribution in [0.15, 0.2) is 24.3 Å². The molecule has 1 amide bonds. The third-order valence-electron chi connectivity index (χ3n) is 2.75. The highest BCUT2D eigenvalue weighted by Crippen LogP contribution is 2.11. The fourth-order valence-electron chi connectivity index (χ4n) is 1.66. The molecule has 1 aromatic carbocycles. The molecule has 3 N–H and O–H groups in total. The second kappa shape index (κ2) is 8.53. The summed E-state index contributed by atoms with van der Waals surface area (Å²) in [5.74, 6) is 0.960. The fourth-order valence-corrected chi connectivity index (χ4v) is 1.66. The van der Waals surface area contributed by atoms with Gasteiger partial charge in [-0.05, 0) is 43.5 Å². The Morgan fingerprint density at radius 1 is 1.28 bits per heavy atom. The Kier molecular flexibility index (Phi) is 6.87. The number of unbranched alkanes of at least 4 members (excludes halogenated alkanes) is 1. The number of rotatable bonds is 8. The van der Waals surface area contributed by atoms with Crippen LogP contribution in [0.1, 0.15) is 24.8 Å². The minimum absolute atomic E-state index is 0.108. The Morgan fingerprint density at radius 3 is 2.61 bits per heavy atom. The molecule has 0 radical (unpaired) electrons. The SMILES string of the molecule is COc1ccc(CCNC(=O)CCCCN)cc1. The van der Waals surface area contributed by atoms with E-state index in [1.54, 1.807) is 7.11 Å². The first kappa shape index (κ1) is 14.5. The number of nitrogens with two attached hydrogens (primary N) is 1. The normalized spacial score (nSPS) is 10.1. The quantitative estimate of drug-likeness (QED) is 0.687. The van der Waals surface area contributed by atoms with E-state index >= 15 is 0 Å². The first-order chi connectivity index (χ1) is 8.76. The first-order valence-corrected chi connectivity index (χ1v) is 6.36. The molecule has 0 aliphatic heterocycles. The second-order valence-electron chi connectivity index (χ2n) is 4.19. The van der Waals surface area contributed by atoms with Gasteiger partial charge in [0, 0.05) is 13.0 Å². The predicted molar refractivity (Wildman–Crippen MR) is 72.6 cm³/mol. The molecule has 0 saturated heterocycles. The van der Waals surface area contributed by atoms with Crippen molar-refractivity contribution in [3.8, 4) is 5.75 Å². The van der Waals surface area contributed by atoms with Gasteiger partial charge in [-0.2, -0.15) is 0 Å². The number of methoxy groups -OCH3 is 1. The molecule has 0 unspecified atom stereocenters. The average Bonchev–Trinajstić information content (AvgIpc) is 2.40. The molecule has 0 bridgehead atoms. The maximum atomic E-state index is 11.4. The van der Waals surface area contributed by atoms with Crippen molar-refractivity contribution in [2.45, 2.75) is 25.7 Å². The van der Waals surface area contributed by atoms with Crippen LogP contribution in [-0.2, 0) is 11.2 Å². The number of benzene rings is 1. The lowest BCUT2D eigenvalue weighted by Gasteiger charge is -2.06. The highest BCUT2D eigenvalue weighted by Gasteiger charge is 2.00. The standard InChI is InChI=1S/C14H22N2O2/c1-18-13-7-5-12(6-8-13)9-11-16-14(17)4-2-3-10-15/h5-8H,2-4,9-11,15H2,1H3,(H,16,17). The van der Waals surface area contributed by atoms with E-state index < -0.39 is 0 Å². The summed E-state index contributed by atoms with van der Waals surface area (Å²) in [6.45, 7) is 1.33. The smallest absolute Gasteiger partial charge is 0.220 e. The van der Waals surface area contributed by atoms with Crippen LogP contribution in [-0.4, -0.2) is 26.1 Å². The van der Waals surface area contributed by atoms with Crippen molar-refractivity contribution in [1.29, 1.82) is 0 Å². The van der Waals surface area contributed by atoms with Crippen LogP contribution < -0.4 is 15.8 Å². The molecule has 4 heteroatoms. The Balaban J connectivity index is 2.18. The van der Waals surface area contributed by atoms with Gasteiger partial charge in [0.2, 0.25) is 5.91 Å². The molecule has 0 saturated carbocycles. The fraction of sp³-hybridized carbons (Fsp3) is 0.500. The molecule has 0 heterocycles. The van der Waals surface area contributed by atoms with Crippen LogP contribution in [0.3, 0.4) is 0 Å². The lowest BCUT2D eigenvalue weighted by Crippen LogP contribution is -2.25. The molecule has 0 fully saturated rings. The van der Waals surface area contributed by atoms with Gasteiger partial charge in [0.15, 0.2) is 0 Å². The molecule has 4 nitrogen and oxygen atoms in total. The molecular weight excluding hydrogens is 228 g/mol. The summed E-state index contributed by atoms with van der Waals surface area (Å²) in [6, 6.07) is 7.88. The molecule has 1 aromatic rings. The zero-order chi connectivity index (χ0) is 13.2. The number of carbonyl (C=O) groups is 1. The van der Waals surface area contributed by atoms with Crippen molar-refractivity contribution in [1.82, 2.24) is 5.32 Å². The van der Waals surface area contributed by atoms with Gasteiger partial charge in [-0.25, -0.2) is 0 Å². The monoisotopic (exact) mass is 250 g/mol. The molecule has 0 aromatic heterocycles. The number of carbonyl (C=O) groups excluding carboxylic acids is 1. The summed E-state index contributed by atoms with van der Waals surface area (Å²) in [4.78, 5) is 11.4. The Hall–Kier alpha value is -1.55. The van der Waals surface area contributed by atoms with Crippen molar-refractivity contribution in [3.63, 3.8) is 0 Å². The summed E-state index contributed by atoms with van der Waals surface area (Å²) >= 11 is 0. The summed E-state index contributed by atoms with van der Waals surface area (Å²) in [5, 5.41) is 2.91. The molecule has 18 heavy (non-hydrogen) atoms. The molecule has 100 valence electrons. The van der Waals surface area contributed by atoms with E-state index in [0.29, 0.717) is 19.5 Å². The van der Waals surface area contributed by atoms with Crippen LogP contribution >= 0.6 is 0 Å². The van der Waals surface area contributed by atoms with E-state index in [0.717, 1.165) is 25.0 Å². The predicted octanol–water partition coefficient (Wildman–Crippen LogP) is 1.48. The molecule has 0 aliphatic carbocycles. The van der Waals surface area contributed by atoms with Crippen molar-refractivity contribution in [2.75, 3.05) is 20.2 Å². The molecule has 0 aliphatic rings. The first-order valence-electron chi connectivity index (χ1n) is 6.36. The topological polar surface area (TPSA) is 64.3 Å². The number of hydrogen-bond acceptors (Lipinski definition) is 3. The van der Waals surface area contributed by atoms with E-state index in [1.807, 2.05) is 24.3 Å². The summed E-state index contributed by atoms with van der Waals surface area (Å²) < 4.78 is 5.09. The highest BCUT2D eigenvalue weighted by molar-refractivity contribution is 5.75. The lowest BCUT2D eigenvalue weighted by molar-refractivity contribution is -0.121. The van der Waals surface area contributed by atoms with E-state index in [1.165, 1.54) is 5.56 Å². The number of ether oxygens (including phenoxy) is 1. The minimum atomic E-state index is 0.108. The van der Waals surface area contributed by atoms with Gasteiger partial charge >= 0.3 is 0 Å². The number of hydrogen-bond donors (Lipinski definition) is 2. The summed E-state index contributed by atoms with van der Waals surface area (Å²) in [7, 11) is 1.65. The van der Waals surface area contributed by atoms with E-state index in [-0.39, 0.29) is 5.91 Å². The van der Waals surface area contributed by atoms with Crippen LogP contribution in [0, 0.1) is 0 Å². The zero-order valence-corrected chi connectivity index (χ0v) is 10.9. The van der Waals surface area contributed by atoms with Gasteiger partial charge in [-0.3, -0.25) is 4.79 Å². The largest absolute Gasteiger partial charge is 0.497 e. The zero-order valence-electron chi connectivity index (χ0n) is 10.9. The highest BCUT2D eigenvalue weighted by atomic mass is 16.5. The van der Waals surface area contributed by atoms with Gasteiger partial charge in [0.1, 0.15) is 5.75 Å². The Morgan fingerprint density at radius 2 is 2.00 bits per heavy atom. The van der Waals surface area contributed by atoms with Gasteiger partial charge in [0.25, 0.3) is 0 Å². The lowest BCUT2D eigenvalue weighted by atomic mass is 10.1. The van der Waals surface area contributed by atoms with E-state index in [4.69, 9.17) is 10.5 Å². The second-order valence-corrected chi connectivity index (χ2v) is 4.19. The van der Waals surface area contributed by atoms with Crippen LogP contribution in [0.5, 0.6) is 5.75 Å². The third-order valence-corrected chi connectivity index (χ3v) is 2.75. The van der Waals surface area contributed by atoms with Gasteiger partial charge in [0.05, 0.1) is 7.11 Å². The van der Waals surface area contributed by atoms with Gasteiger partial charge < -0.3 is 15.8 Å². The number of amides is 1. The van der Waals surface area contributed by atoms with E-state index in [9.17, 15) is 4.79 Å². The van der Waals surface area contributed by atoms with Crippen molar-refractivity contribution < 1.29 is 9.53 Å². The Bertz CT molecular complexity index is 349. The van der Waals surface area contributed by atoms with Gasteiger partial charge in [-0.15, -0.1) is 0 Å². The van der Waals surface area contributed by atoms with Crippen molar-refractivity contribution in [2.24, 2.45) is 5.73 Å². The third kappa shape index (κ3) is 5.68. The average molecular weight is 250 g/mol. The van der Waals surface area contributed by atoms with Crippen molar-refractivity contribution >= 4 is 5.91 Å². The Labute approximate surface area is 109 Å². The number of nitrogens with one attached hydrogen (secondary N) is 1. The van der Waals surface area contributed by atoms with Gasteiger partial charge in [-0.1, -0.05) is 12.1 Å². The van der Waals surface area contributed by atoms with Crippen LogP contribution in [0.4, 0.5) is 0 Å². The van der Waals surface area contributed by atoms with Crippen molar-refractivity contribution in [3.05, 3.63) is 29.8 Å². The molecule has 0 spiro atoms.